The summed E-state index contributed by atoms with van der Waals surface area (Å²) >= 11 is 0. The number of carbonyl (C=O) groups is 1. The van der Waals surface area contributed by atoms with Crippen molar-refractivity contribution in [1.82, 2.24) is 29.9 Å². The second-order valence-corrected chi connectivity index (χ2v) is 8.17. The summed E-state index contributed by atoms with van der Waals surface area (Å²) in [6.45, 7) is 7.73. The first-order chi connectivity index (χ1) is 16.2. The van der Waals surface area contributed by atoms with Crippen LogP contribution in [0.2, 0.25) is 0 Å². The topological polar surface area (TPSA) is 88.8 Å². The van der Waals surface area contributed by atoms with E-state index < -0.39 is 18.0 Å². The molecule has 3 heterocycles. The average molecular weight is 471 g/mol. The van der Waals surface area contributed by atoms with Gasteiger partial charge in [0.25, 0.3) is 5.91 Å². The van der Waals surface area contributed by atoms with Crippen molar-refractivity contribution in [1.29, 1.82) is 0 Å². The number of nitrogens with zero attached hydrogens (tertiary/aromatic N) is 6. The zero-order valence-corrected chi connectivity index (χ0v) is 18.8. The Kier molecular flexibility index (Phi) is 6.36. The zero-order chi connectivity index (χ0) is 24.5. The second-order valence-electron chi connectivity index (χ2n) is 8.17. The highest BCUT2D eigenvalue weighted by molar-refractivity contribution is 5.98. The van der Waals surface area contributed by atoms with Gasteiger partial charge in [0.15, 0.2) is 0 Å². The number of rotatable bonds is 5. The van der Waals surface area contributed by atoms with Crippen LogP contribution in [-0.2, 0) is 6.18 Å². The molecule has 1 saturated heterocycles. The van der Waals surface area contributed by atoms with Crippen molar-refractivity contribution in [3.63, 3.8) is 0 Å². The summed E-state index contributed by atoms with van der Waals surface area (Å²) in [6, 6.07) is 6.05. The molecule has 1 aliphatic heterocycles. The molecule has 1 amide bonds. The third-order valence-electron chi connectivity index (χ3n) is 5.65. The predicted octanol–water partition coefficient (Wildman–Crippen LogP) is 3.96. The molecule has 1 aromatic carbocycles. The zero-order valence-electron chi connectivity index (χ0n) is 18.8. The standard InChI is InChI=1S/C23H24F3N7O/c1-4-18-17(30-20-13-15(3)29-22(31-20)23(24,25)26)6-5-11-32(18)21(34)16-12-14(2)7-8-19(16)33-27-9-10-28-33/h4,7-10,12-13,17-18H,1,5-6,11H2,2-3H3,(H,29,30,31). The first kappa shape index (κ1) is 23.4. The highest BCUT2D eigenvalue weighted by Gasteiger charge is 2.37. The molecule has 0 bridgehead atoms. The highest BCUT2D eigenvalue weighted by atomic mass is 19.4. The molecule has 11 heteroatoms. The Balaban J connectivity index is 1.63. The summed E-state index contributed by atoms with van der Waals surface area (Å²) in [4.78, 5) is 23.9. The number of anilines is 1. The van der Waals surface area contributed by atoms with E-state index in [9.17, 15) is 18.0 Å². The van der Waals surface area contributed by atoms with E-state index in [0.717, 1.165) is 5.56 Å². The van der Waals surface area contributed by atoms with Gasteiger partial charge >= 0.3 is 6.18 Å². The lowest BCUT2D eigenvalue weighted by atomic mass is 9.94. The fourth-order valence-electron chi connectivity index (χ4n) is 4.15. The van der Waals surface area contributed by atoms with Crippen LogP contribution < -0.4 is 5.32 Å². The number of hydrogen-bond acceptors (Lipinski definition) is 6. The number of carbonyl (C=O) groups excluding carboxylic acids is 1. The monoisotopic (exact) mass is 471 g/mol. The van der Waals surface area contributed by atoms with Crippen LogP contribution in [0, 0.1) is 13.8 Å². The van der Waals surface area contributed by atoms with E-state index in [1.165, 1.54) is 30.2 Å². The number of hydrogen-bond donors (Lipinski definition) is 1. The van der Waals surface area contributed by atoms with E-state index in [0.29, 0.717) is 30.6 Å². The van der Waals surface area contributed by atoms with Gasteiger partial charge in [0.05, 0.1) is 35.7 Å². The fourth-order valence-corrected chi connectivity index (χ4v) is 4.15. The summed E-state index contributed by atoms with van der Waals surface area (Å²) in [5.74, 6) is -1.38. The Morgan fingerprint density at radius 3 is 2.59 bits per heavy atom. The number of benzene rings is 1. The smallest absolute Gasteiger partial charge is 0.365 e. The second kappa shape index (κ2) is 9.24. The number of alkyl halides is 3. The summed E-state index contributed by atoms with van der Waals surface area (Å²) < 4.78 is 39.5. The molecule has 8 nitrogen and oxygen atoms in total. The van der Waals surface area contributed by atoms with Gasteiger partial charge in [0.2, 0.25) is 5.82 Å². The van der Waals surface area contributed by atoms with Crippen molar-refractivity contribution in [3.05, 3.63) is 72.0 Å². The lowest BCUT2D eigenvalue weighted by molar-refractivity contribution is -0.145. The Morgan fingerprint density at radius 1 is 1.18 bits per heavy atom. The van der Waals surface area contributed by atoms with Crippen molar-refractivity contribution >= 4 is 11.7 Å². The molecule has 0 saturated carbocycles. The first-order valence-electron chi connectivity index (χ1n) is 10.8. The van der Waals surface area contributed by atoms with Gasteiger partial charge in [-0.25, -0.2) is 9.97 Å². The predicted molar refractivity (Wildman–Crippen MR) is 120 cm³/mol. The van der Waals surface area contributed by atoms with Crippen LogP contribution in [0.25, 0.3) is 5.69 Å². The molecule has 2 unspecified atom stereocenters. The quantitative estimate of drug-likeness (QED) is 0.567. The molecule has 178 valence electrons. The van der Waals surface area contributed by atoms with Crippen molar-refractivity contribution in [2.45, 2.75) is 44.9 Å². The maximum atomic E-state index is 13.7. The molecule has 0 spiro atoms. The highest BCUT2D eigenvalue weighted by Crippen LogP contribution is 2.29. The molecular weight excluding hydrogens is 447 g/mol. The molecule has 1 fully saturated rings. The normalized spacial score (nSPS) is 18.6. The van der Waals surface area contributed by atoms with Crippen molar-refractivity contribution in [2.75, 3.05) is 11.9 Å². The molecule has 1 aliphatic rings. The van der Waals surface area contributed by atoms with Crippen LogP contribution in [0.15, 0.2) is 49.3 Å². The van der Waals surface area contributed by atoms with Crippen LogP contribution in [0.1, 0.15) is 40.3 Å². The minimum atomic E-state index is -4.66. The molecule has 3 aromatic rings. The lowest BCUT2D eigenvalue weighted by Gasteiger charge is -2.40. The van der Waals surface area contributed by atoms with Gasteiger partial charge in [-0.3, -0.25) is 4.79 Å². The Morgan fingerprint density at radius 2 is 1.91 bits per heavy atom. The van der Waals surface area contributed by atoms with E-state index in [4.69, 9.17) is 0 Å². The van der Waals surface area contributed by atoms with E-state index in [1.54, 1.807) is 23.1 Å². The van der Waals surface area contributed by atoms with E-state index >= 15 is 0 Å². The Bertz CT molecular complexity index is 1190. The molecule has 34 heavy (non-hydrogen) atoms. The van der Waals surface area contributed by atoms with Crippen molar-refractivity contribution in [2.24, 2.45) is 0 Å². The maximum absolute atomic E-state index is 13.7. The molecular formula is C23H24F3N7O. The molecule has 0 radical (unpaired) electrons. The van der Waals surface area contributed by atoms with Crippen molar-refractivity contribution in [3.8, 4) is 5.69 Å². The van der Waals surface area contributed by atoms with Crippen LogP contribution in [-0.4, -0.2) is 54.4 Å². The van der Waals surface area contributed by atoms with Crippen LogP contribution in [0.3, 0.4) is 0 Å². The Hall–Kier alpha value is -3.76. The number of halogens is 3. The number of aromatic nitrogens is 5. The third kappa shape index (κ3) is 4.78. The fraction of sp³-hybridized carbons (Fsp3) is 0.348. The van der Waals surface area contributed by atoms with Gasteiger partial charge in [0.1, 0.15) is 5.82 Å². The summed E-state index contributed by atoms with van der Waals surface area (Å²) in [5, 5.41) is 11.4. The van der Waals surface area contributed by atoms with Crippen LogP contribution >= 0.6 is 0 Å². The third-order valence-corrected chi connectivity index (χ3v) is 5.65. The number of likely N-dealkylation sites (tertiary alicyclic amines) is 1. The number of nitrogens with one attached hydrogen (secondary N) is 1. The number of aryl methyl sites for hydroxylation is 2. The Labute approximate surface area is 194 Å². The summed E-state index contributed by atoms with van der Waals surface area (Å²) in [6.07, 6.45) is 1.32. The van der Waals surface area contributed by atoms with Gasteiger partial charge in [-0.05, 0) is 38.8 Å². The summed E-state index contributed by atoms with van der Waals surface area (Å²) in [7, 11) is 0. The van der Waals surface area contributed by atoms with Gasteiger partial charge < -0.3 is 10.2 Å². The first-order valence-corrected chi connectivity index (χ1v) is 10.8. The van der Waals surface area contributed by atoms with Crippen LogP contribution in [0.5, 0.6) is 0 Å². The van der Waals surface area contributed by atoms with Gasteiger partial charge in [-0.1, -0.05) is 17.7 Å². The van der Waals surface area contributed by atoms with E-state index in [2.05, 4.69) is 32.1 Å². The molecule has 2 aromatic heterocycles. The van der Waals surface area contributed by atoms with Gasteiger partial charge in [0, 0.05) is 18.3 Å². The van der Waals surface area contributed by atoms with Gasteiger partial charge in [-0.15, -0.1) is 6.58 Å². The molecule has 2 atom stereocenters. The molecule has 0 aliphatic carbocycles. The van der Waals surface area contributed by atoms with E-state index in [1.807, 2.05) is 13.0 Å². The summed E-state index contributed by atoms with van der Waals surface area (Å²) in [5.41, 5.74) is 2.07. The number of piperidine rings is 1. The largest absolute Gasteiger partial charge is 0.451 e. The maximum Gasteiger partial charge on any atom is 0.451 e. The minimum Gasteiger partial charge on any atom is -0.365 e. The average Bonchev–Trinajstić information content (AvgIpc) is 3.32. The minimum absolute atomic E-state index is 0.0583. The molecule has 4 rings (SSSR count). The lowest BCUT2D eigenvalue weighted by Crippen LogP contribution is -2.52. The van der Waals surface area contributed by atoms with E-state index in [-0.39, 0.29) is 23.5 Å². The molecule has 1 N–H and O–H groups in total. The van der Waals surface area contributed by atoms with Crippen LogP contribution in [0.4, 0.5) is 19.0 Å². The number of amides is 1. The van der Waals surface area contributed by atoms with Crippen molar-refractivity contribution < 1.29 is 18.0 Å². The van der Waals surface area contributed by atoms with Gasteiger partial charge in [-0.2, -0.15) is 28.2 Å². The SMILES string of the molecule is C=CC1C(Nc2cc(C)nc(C(F)(F)F)n2)CCCN1C(=O)c1cc(C)ccc1-n1nccn1.